The molecule has 0 amide bonds. The fraction of sp³-hybridized carbons (Fsp3) is 0.812. The van der Waals surface area contributed by atoms with Crippen LogP contribution in [0.3, 0.4) is 0 Å². The second kappa shape index (κ2) is 7.29. The van der Waals surface area contributed by atoms with Crippen molar-refractivity contribution in [3.8, 4) is 0 Å². The molecule has 2 unspecified atom stereocenters. The number of aromatic nitrogens is 3. The van der Waals surface area contributed by atoms with E-state index in [4.69, 9.17) is 0 Å². The Hall–Kier alpha value is -1.63. The van der Waals surface area contributed by atoms with E-state index in [2.05, 4.69) is 37.7 Å². The number of fused-ring (bicyclic) bond motifs is 1. The minimum absolute atomic E-state index is 0.199. The molecule has 0 bridgehead atoms. The molecule has 2 N–H and O–H groups in total. The van der Waals surface area contributed by atoms with Crippen LogP contribution in [0.15, 0.2) is 4.99 Å². The molecule has 0 aliphatic carbocycles. The molecule has 23 heavy (non-hydrogen) atoms. The molecular weight excluding hydrogens is 290 g/mol. The molecule has 1 saturated heterocycles. The molecule has 1 fully saturated rings. The fourth-order valence-corrected chi connectivity index (χ4v) is 3.65. The van der Waals surface area contributed by atoms with Gasteiger partial charge in [-0.1, -0.05) is 0 Å². The zero-order chi connectivity index (χ0) is 16.2. The van der Waals surface area contributed by atoms with E-state index < -0.39 is 0 Å². The van der Waals surface area contributed by atoms with E-state index in [1.165, 1.54) is 25.9 Å². The van der Waals surface area contributed by atoms with Gasteiger partial charge in [0.25, 0.3) is 0 Å². The first kappa shape index (κ1) is 16.2. The zero-order valence-electron chi connectivity index (χ0n) is 14.5. The first-order valence-corrected chi connectivity index (χ1v) is 8.73. The van der Waals surface area contributed by atoms with Crippen LogP contribution in [0.25, 0.3) is 0 Å². The van der Waals surface area contributed by atoms with Crippen molar-refractivity contribution in [2.75, 3.05) is 33.7 Å². The van der Waals surface area contributed by atoms with Crippen molar-refractivity contribution in [3.05, 3.63) is 11.6 Å². The molecule has 2 atom stereocenters. The zero-order valence-corrected chi connectivity index (χ0v) is 14.5. The lowest BCUT2D eigenvalue weighted by atomic mass is 9.98. The Balaban J connectivity index is 1.56. The van der Waals surface area contributed by atoms with E-state index in [9.17, 15) is 0 Å². The average Bonchev–Trinajstić information content (AvgIpc) is 2.92. The minimum atomic E-state index is 0.199. The fourth-order valence-electron chi connectivity index (χ4n) is 3.65. The number of rotatable bonds is 3. The highest BCUT2D eigenvalue weighted by Crippen LogP contribution is 2.22. The number of aliphatic imine (C=N–C) groups is 1. The Morgan fingerprint density at radius 2 is 2.13 bits per heavy atom. The third kappa shape index (κ3) is 4.02. The van der Waals surface area contributed by atoms with Gasteiger partial charge in [-0.15, -0.1) is 0 Å². The van der Waals surface area contributed by atoms with Crippen molar-refractivity contribution in [2.24, 2.45) is 10.9 Å². The van der Waals surface area contributed by atoms with Gasteiger partial charge in [-0.05, 0) is 52.1 Å². The summed E-state index contributed by atoms with van der Waals surface area (Å²) in [5.41, 5.74) is 0. The van der Waals surface area contributed by atoms with Gasteiger partial charge in [0.2, 0.25) is 0 Å². The lowest BCUT2D eigenvalue weighted by Gasteiger charge is -2.31. The van der Waals surface area contributed by atoms with Gasteiger partial charge in [-0.3, -0.25) is 4.99 Å². The molecule has 7 heteroatoms. The predicted molar refractivity (Wildman–Crippen MR) is 91.5 cm³/mol. The van der Waals surface area contributed by atoms with Gasteiger partial charge < -0.3 is 15.5 Å². The van der Waals surface area contributed by atoms with Crippen molar-refractivity contribution >= 4 is 5.96 Å². The quantitative estimate of drug-likeness (QED) is 0.641. The van der Waals surface area contributed by atoms with Crippen LogP contribution < -0.4 is 10.6 Å². The summed E-state index contributed by atoms with van der Waals surface area (Å²) < 4.78 is 2.03. The number of guanidine groups is 1. The lowest BCUT2D eigenvalue weighted by Crippen LogP contribution is -2.45. The minimum Gasteiger partial charge on any atom is -0.356 e. The first-order chi connectivity index (χ1) is 11.2. The highest BCUT2D eigenvalue weighted by molar-refractivity contribution is 5.80. The molecule has 3 heterocycles. The van der Waals surface area contributed by atoms with Crippen molar-refractivity contribution < 1.29 is 0 Å². The SMILES string of the molecule is CN=C(NCC1CCCN(C)C1)NC1CCCn2nc(C)nc21. The van der Waals surface area contributed by atoms with Crippen LogP contribution in [-0.4, -0.2) is 59.4 Å². The van der Waals surface area contributed by atoms with Crippen molar-refractivity contribution in [1.29, 1.82) is 0 Å². The third-order valence-corrected chi connectivity index (χ3v) is 4.80. The normalized spacial score (nSPS) is 26.0. The highest BCUT2D eigenvalue weighted by Gasteiger charge is 2.24. The monoisotopic (exact) mass is 319 g/mol. The van der Waals surface area contributed by atoms with Crippen molar-refractivity contribution in [2.45, 2.75) is 45.2 Å². The number of likely N-dealkylation sites (tertiary alicyclic amines) is 1. The van der Waals surface area contributed by atoms with Gasteiger partial charge in [0.1, 0.15) is 11.6 Å². The van der Waals surface area contributed by atoms with Crippen LogP contribution in [-0.2, 0) is 6.54 Å². The number of nitrogens with one attached hydrogen (secondary N) is 2. The van der Waals surface area contributed by atoms with Gasteiger partial charge in [0, 0.05) is 26.7 Å². The van der Waals surface area contributed by atoms with Gasteiger partial charge >= 0.3 is 0 Å². The van der Waals surface area contributed by atoms with Crippen LogP contribution >= 0.6 is 0 Å². The first-order valence-electron chi connectivity index (χ1n) is 8.73. The summed E-state index contributed by atoms with van der Waals surface area (Å²) in [6, 6.07) is 0.199. The molecule has 128 valence electrons. The standard InChI is InChI=1S/C16H29N7/c1-12-19-15-14(7-5-9-23(15)21-12)20-16(17-2)18-10-13-6-4-8-22(3)11-13/h13-14H,4-11H2,1-3H3,(H2,17,18,20). The largest absolute Gasteiger partial charge is 0.356 e. The number of nitrogens with zero attached hydrogens (tertiary/aromatic N) is 5. The lowest BCUT2D eigenvalue weighted by molar-refractivity contribution is 0.210. The summed E-state index contributed by atoms with van der Waals surface area (Å²) in [6.07, 6.45) is 4.79. The molecule has 7 nitrogen and oxygen atoms in total. The van der Waals surface area contributed by atoms with E-state index in [0.29, 0.717) is 5.92 Å². The number of hydrogen-bond acceptors (Lipinski definition) is 4. The molecular formula is C16H29N7. The van der Waals surface area contributed by atoms with E-state index in [1.54, 1.807) is 0 Å². The van der Waals surface area contributed by atoms with Crippen LogP contribution in [0.2, 0.25) is 0 Å². The molecule has 1 aromatic rings. The molecule has 0 radical (unpaired) electrons. The van der Waals surface area contributed by atoms with Gasteiger partial charge in [0.05, 0.1) is 6.04 Å². The number of aryl methyl sites for hydroxylation is 2. The summed E-state index contributed by atoms with van der Waals surface area (Å²) >= 11 is 0. The molecule has 0 aromatic carbocycles. The van der Waals surface area contributed by atoms with Crippen molar-refractivity contribution in [3.63, 3.8) is 0 Å². The van der Waals surface area contributed by atoms with Crippen LogP contribution in [0.5, 0.6) is 0 Å². The molecule has 0 saturated carbocycles. The third-order valence-electron chi connectivity index (χ3n) is 4.80. The Labute approximate surface area is 138 Å². The second-order valence-electron chi connectivity index (χ2n) is 6.80. The van der Waals surface area contributed by atoms with Crippen LogP contribution in [0.1, 0.15) is 43.4 Å². The summed E-state index contributed by atoms with van der Waals surface area (Å²) in [5, 5.41) is 11.5. The van der Waals surface area contributed by atoms with Gasteiger partial charge in [-0.2, -0.15) is 5.10 Å². The Kier molecular flexibility index (Phi) is 5.15. The summed E-state index contributed by atoms with van der Waals surface area (Å²) in [7, 11) is 4.04. The van der Waals surface area contributed by atoms with E-state index in [-0.39, 0.29) is 6.04 Å². The number of piperidine rings is 1. The summed E-state index contributed by atoms with van der Waals surface area (Å²) in [5.74, 6) is 3.46. The second-order valence-corrected chi connectivity index (χ2v) is 6.80. The summed E-state index contributed by atoms with van der Waals surface area (Å²) in [4.78, 5) is 11.4. The van der Waals surface area contributed by atoms with Crippen LogP contribution in [0, 0.1) is 12.8 Å². The summed E-state index contributed by atoms with van der Waals surface area (Å²) in [6.45, 7) is 6.29. The molecule has 3 rings (SSSR count). The van der Waals surface area contributed by atoms with Gasteiger partial charge in [0.15, 0.2) is 5.96 Å². The smallest absolute Gasteiger partial charge is 0.191 e. The molecule has 2 aliphatic heterocycles. The Morgan fingerprint density at radius 1 is 1.30 bits per heavy atom. The van der Waals surface area contributed by atoms with E-state index >= 15 is 0 Å². The molecule has 2 aliphatic rings. The maximum atomic E-state index is 4.58. The molecule has 0 spiro atoms. The maximum Gasteiger partial charge on any atom is 0.191 e. The number of hydrogen-bond donors (Lipinski definition) is 2. The average molecular weight is 319 g/mol. The topological polar surface area (TPSA) is 70.4 Å². The predicted octanol–water partition coefficient (Wildman–Crippen LogP) is 0.928. The Bertz CT molecular complexity index is 551. The van der Waals surface area contributed by atoms with Gasteiger partial charge in [-0.25, -0.2) is 9.67 Å². The maximum absolute atomic E-state index is 4.58. The highest BCUT2D eigenvalue weighted by atomic mass is 15.4. The van der Waals surface area contributed by atoms with Crippen LogP contribution in [0.4, 0.5) is 0 Å². The van der Waals surface area contributed by atoms with E-state index in [0.717, 1.165) is 43.5 Å². The Morgan fingerprint density at radius 3 is 2.91 bits per heavy atom. The van der Waals surface area contributed by atoms with Crippen molar-refractivity contribution in [1.82, 2.24) is 30.3 Å². The van der Waals surface area contributed by atoms with E-state index in [1.807, 2.05) is 18.7 Å². The molecule has 1 aromatic heterocycles.